The second-order valence-corrected chi connectivity index (χ2v) is 5.67. The zero-order valence-electron chi connectivity index (χ0n) is 11.2. The molecular formula is C16H12BrFN2O. The molecule has 0 radical (unpaired) electrons. The van der Waals surface area contributed by atoms with Crippen molar-refractivity contribution in [3.63, 3.8) is 0 Å². The lowest BCUT2D eigenvalue weighted by Crippen LogP contribution is -2.13. The second-order valence-electron chi connectivity index (χ2n) is 4.82. The molecule has 2 N–H and O–H groups in total. The Hall–Kier alpha value is -2.14. The van der Waals surface area contributed by atoms with Gasteiger partial charge < -0.3 is 10.3 Å². The molecule has 3 aromatic rings. The first-order chi connectivity index (χ1) is 10.0. The molecule has 1 aromatic heterocycles. The molecule has 0 saturated heterocycles. The van der Waals surface area contributed by atoms with Crippen molar-refractivity contribution in [1.29, 1.82) is 0 Å². The Morgan fingerprint density at radius 1 is 1.24 bits per heavy atom. The summed E-state index contributed by atoms with van der Waals surface area (Å²) in [5, 5.41) is 3.70. The molecule has 0 unspecified atom stereocenters. The van der Waals surface area contributed by atoms with Gasteiger partial charge in [0.2, 0.25) is 0 Å². The third kappa shape index (κ3) is 2.69. The standard InChI is InChI=1S/C16H12BrFN2O/c1-9-6-12(17)13(18)8-15(9)20-16(21)11-2-3-14-10(7-11)4-5-19-14/h2-8,19H,1H3,(H,20,21). The smallest absolute Gasteiger partial charge is 0.255 e. The summed E-state index contributed by atoms with van der Waals surface area (Å²) in [6.07, 6.45) is 1.82. The fourth-order valence-electron chi connectivity index (χ4n) is 2.17. The highest BCUT2D eigenvalue weighted by Crippen LogP contribution is 2.24. The van der Waals surface area contributed by atoms with Crippen LogP contribution < -0.4 is 5.32 Å². The van der Waals surface area contributed by atoms with Crippen molar-refractivity contribution in [2.24, 2.45) is 0 Å². The number of aryl methyl sites for hydroxylation is 1. The molecule has 21 heavy (non-hydrogen) atoms. The van der Waals surface area contributed by atoms with Crippen LogP contribution in [0.3, 0.4) is 0 Å². The van der Waals surface area contributed by atoms with Gasteiger partial charge in [0.25, 0.3) is 5.91 Å². The minimum Gasteiger partial charge on any atom is -0.361 e. The molecule has 1 amide bonds. The van der Waals surface area contributed by atoms with Gasteiger partial charge in [-0.25, -0.2) is 4.39 Å². The van der Waals surface area contributed by atoms with Gasteiger partial charge in [-0.15, -0.1) is 0 Å². The average molecular weight is 347 g/mol. The van der Waals surface area contributed by atoms with Crippen LogP contribution in [0.2, 0.25) is 0 Å². The number of fused-ring (bicyclic) bond motifs is 1. The minimum absolute atomic E-state index is 0.261. The first-order valence-corrected chi connectivity index (χ1v) is 7.18. The number of H-pyrrole nitrogens is 1. The van der Waals surface area contributed by atoms with Crippen LogP contribution in [0, 0.1) is 12.7 Å². The molecule has 0 bridgehead atoms. The number of benzene rings is 2. The van der Waals surface area contributed by atoms with Gasteiger partial charge in [0, 0.05) is 28.4 Å². The molecule has 0 fully saturated rings. The summed E-state index contributed by atoms with van der Waals surface area (Å²) in [6, 6.07) is 10.2. The summed E-state index contributed by atoms with van der Waals surface area (Å²) in [5.74, 6) is -0.667. The van der Waals surface area contributed by atoms with E-state index in [1.54, 1.807) is 18.2 Å². The monoisotopic (exact) mass is 346 g/mol. The van der Waals surface area contributed by atoms with E-state index in [2.05, 4.69) is 26.2 Å². The van der Waals surface area contributed by atoms with Crippen LogP contribution >= 0.6 is 15.9 Å². The number of carbonyl (C=O) groups excluding carboxylic acids is 1. The maximum atomic E-state index is 13.6. The van der Waals surface area contributed by atoms with Crippen molar-refractivity contribution in [2.45, 2.75) is 6.92 Å². The highest BCUT2D eigenvalue weighted by Gasteiger charge is 2.11. The molecule has 106 valence electrons. The fourth-order valence-corrected chi connectivity index (χ4v) is 2.63. The maximum absolute atomic E-state index is 13.6. The van der Waals surface area contributed by atoms with Crippen molar-refractivity contribution in [1.82, 2.24) is 4.98 Å². The van der Waals surface area contributed by atoms with Crippen molar-refractivity contribution in [3.8, 4) is 0 Å². The van der Waals surface area contributed by atoms with Crippen molar-refractivity contribution >= 4 is 38.4 Å². The first kappa shape index (κ1) is 13.8. The predicted octanol–water partition coefficient (Wildman–Crippen LogP) is 4.63. The number of hydrogen-bond acceptors (Lipinski definition) is 1. The van der Waals surface area contributed by atoms with Crippen molar-refractivity contribution in [2.75, 3.05) is 5.32 Å². The lowest BCUT2D eigenvalue weighted by Gasteiger charge is -2.09. The molecular weight excluding hydrogens is 335 g/mol. The fraction of sp³-hybridized carbons (Fsp3) is 0.0625. The predicted molar refractivity (Wildman–Crippen MR) is 85.1 cm³/mol. The van der Waals surface area contributed by atoms with E-state index in [1.807, 2.05) is 25.3 Å². The molecule has 5 heteroatoms. The SMILES string of the molecule is Cc1cc(Br)c(F)cc1NC(=O)c1ccc2[nH]ccc2c1. The number of carbonyl (C=O) groups is 1. The zero-order valence-corrected chi connectivity index (χ0v) is 12.8. The Labute approximate surface area is 129 Å². The van der Waals surface area contributed by atoms with Crippen LogP contribution in [0.15, 0.2) is 47.1 Å². The van der Waals surface area contributed by atoms with Gasteiger partial charge in [0.15, 0.2) is 0 Å². The molecule has 0 saturated carbocycles. The van der Waals surface area contributed by atoms with Crippen LogP contribution in [0.25, 0.3) is 10.9 Å². The summed E-state index contributed by atoms with van der Waals surface area (Å²) in [5.41, 5.74) is 2.76. The Kier molecular flexibility index (Phi) is 3.51. The third-order valence-electron chi connectivity index (χ3n) is 3.33. The van der Waals surface area contributed by atoms with Gasteiger partial charge in [-0.3, -0.25) is 4.79 Å². The number of anilines is 1. The van der Waals surface area contributed by atoms with Crippen LogP contribution in [0.1, 0.15) is 15.9 Å². The Bertz CT molecular complexity index is 841. The van der Waals surface area contributed by atoms with Crippen LogP contribution in [-0.2, 0) is 0 Å². The van der Waals surface area contributed by atoms with E-state index in [1.165, 1.54) is 6.07 Å². The molecule has 3 nitrogen and oxygen atoms in total. The molecule has 0 atom stereocenters. The van der Waals surface area contributed by atoms with Gasteiger partial charge in [0.05, 0.1) is 4.47 Å². The Morgan fingerprint density at radius 2 is 2.05 bits per heavy atom. The first-order valence-electron chi connectivity index (χ1n) is 6.39. The number of amides is 1. The molecule has 0 spiro atoms. The van der Waals surface area contributed by atoms with Gasteiger partial charge in [-0.05, 0) is 64.8 Å². The molecule has 3 rings (SSSR count). The molecule has 0 aliphatic heterocycles. The summed E-state index contributed by atoms with van der Waals surface area (Å²) in [4.78, 5) is 15.3. The second kappa shape index (κ2) is 5.33. The number of halogens is 2. The third-order valence-corrected chi connectivity index (χ3v) is 3.94. The zero-order chi connectivity index (χ0) is 15.0. The number of rotatable bonds is 2. The van der Waals surface area contributed by atoms with Crippen LogP contribution in [-0.4, -0.2) is 10.9 Å². The summed E-state index contributed by atoms with van der Waals surface area (Å²) in [6.45, 7) is 1.81. The van der Waals surface area contributed by atoms with Crippen LogP contribution in [0.5, 0.6) is 0 Å². The Morgan fingerprint density at radius 3 is 2.86 bits per heavy atom. The quantitative estimate of drug-likeness (QED) is 0.698. The highest BCUT2D eigenvalue weighted by molar-refractivity contribution is 9.10. The van der Waals surface area contributed by atoms with E-state index in [4.69, 9.17) is 0 Å². The van der Waals surface area contributed by atoms with E-state index >= 15 is 0 Å². The van der Waals surface area contributed by atoms with Gasteiger partial charge in [-0.1, -0.05) is 0 Å². The molecule has 2 aromatic carbocycles. The van der Waals surface area contributed by atoms with Gasteiger partial charge >= 0.3 is 0 Å². The number of hydrogen-bond donors (Lipinski definition) is 2. The maximum Gasteiger partial charge on any atom is 0.255 e. The number of aromatic nitrogens is 1. The largest absolute Gasteiger partial charge is 0.361 e. The van der Waals surface area contributed by atoms with Gasteiger partial charge in [0.1, 0.15) is 5.82 Å². The van der Waals surface area contributed by atoms with E-state index in [9.17, 15) is 9.18 Å². The van der Waals surface area contributed by atoms with Gasteiger partial charge in [-0.2, -0.15) is 0 Å². The van der Waals surface area contributed by atoms with Crippen molar-refractivity contribution in [3.05, 3.63) is 64.0 Å². The lowest BCUT2D eigenvalue weighted by atomic mass is 10.1. The number of nitrogens with one attached hydrogen (secondary N) is 2. The molecule has 1 heterocycles. The summed E-state index contributed by atoms with van der Waals surface area (Å²) in [7, 11) is 0. The molecule has 0 aliphatic rings. The van der Waals surface area contributed by atoms with E-state index in [0.29, 0.717) is 15.7 Å². The minimum atomic E-state index is -0.406. The highest BCUT2D eigenvalue weighted by atomic mass is 79.9. The van der Waals surface area contributed by atoms with E-state index in [0.717, 1.165) is 16.5 Å². The van der Waals surface area contributed by atoms with E-state index in [-0.39, 0.29) is 5.91 Å². The Balaban J connectivity index is 1.90. The molecule has 0 aliphatic carbocycles. The lowest BCUT2D eigenvalue weighted by molar-refractivity contribution is 0.102. The number of aromatic amines is 1. The normalized spacial score (nSPS) is 10.8. The topological polar surface area (TPSA) is 44.9 Å². The van der Waals surface area contributed by atoms with Crippen molar-refractivity contribution < 1.29 is 9.18 Å². The average Bonchev–Trinajstić information content (AvgIpc) is 2.92. The van der Waals surface area contributed by atoms with E-state index < -0.39 is 5.82 Å². The van der Waals surface area contributed by atoms with Crippen LogP contribution in [0.4, 0.5) is 10.1 Å². The summed E-state index contributed by atoms with van der Waals surface area (Å²) < 4.78 is 14.0. The summed E-state index contributed by atoms with van der Waals surface area (Å²) >= 11 is 3.12.